The molecule has 2 rings (SSSR count). The van der Waals surface area contributed by atoms with E-state index in [4.69, 9.17) is 0 Å². The van der Waals surface area contributed by atoms with Gasteiger partial charge in [0.2, 0.25) is 11.8 Å². The number of hydrogen-bond donors (Lipinski definition) is 1. The Kier molecular flexibility index (Phi) is 6.65. The van der Waals surface area contributed by atoms with Crippen LogP contribution in [-0.4, -0.2) is 40.2 Å². The fraction of sp³-hybridized carbons (Fsp3) is 0.471. The molecule has 1 aromatic carbocycles. The molecule has 0 aliphatic carbocycles. The van der Waals surface area contributed by atoms with Crippen LogP contribution in [0.3, 0.4) is 0 Å². The quantitative estimate of drug-likeness (QED) is 0.834. The summed E-state index contributed by atoms with van der Waals surface area (Å²) in [4.78, 5) is 30.7. The molecule has 0 saturated carbocycles. The molecule has 1 aliphatic rings. The molecule has 1 saturated heterocycles. The number of carbonyl (C=O) groups excluding carboxylic acids is 2. The van der Waals surface area contributed by atoms with E-state index in [1.54, 1.807) is 4.90 Å². The molecule has 1 aromatic rings. The van der Waals surface area contributed by atoms with Gasteiger partial charge in [-0.1, -0.05) is 43.3 Å². The molecule has 1 fully saturated rings. The number of carbonyl (C=O) groups is 2. The Morgan fingerprint density at radius 1 is 1.30 bits per heavy atom. The summed E-state index contributed by atoms with van der Waals surface area (Å²) in [5.41, 5.74) is 0.822. The molecular weight excluding hydrogens is 310 g/mol. The summed E-state index contributed by atoms with van der Waals surface area (Å²) < 4.78 is 0. The monoisotopic (exact) mass is 333 g/mol. The van der Waals surface area contributed by atoms with Crippen molar-refractivity contribution in [1.29, 1.82) is 0 Å². The lowest BCUT2D eigenvalue weighted by atomic mass is 10.2. The molecule has 0 unspecified atom stereocenters. The number of thioether (sulfide) groups is 1. The average Bonchev–Trinajstić information content (AvgIpc) is 2.82. The lowest BCUT2D eigenvalue weighted by Gasteiger charge is -2.15. The van der Waals surface area contributed by atoms with E-state index in [2.05, 4.69) is 17.2 Å². The summed E-state index contributed by atoms with van der Waals surface area (Å²) in [7, 11) is 0. The summed E-state index contributed by atoms with van der Waals surface area (Å²) in [5.74, 6) is -0.0980. The van der Waals surface area contributed by atoms with Crippen LogP contribution in [0.15, 0.2) is 35.3 Å². The van der Waals surface area contributed by atoms with Gasteiger partial charge in [-0.2, -0.15) is 0 Å². The molecular formula is C17H23N3O2S. The van der Waals surface area contributed by atoms with Crippen LogP contribution in [0.5, 0.6) is 0 Å². The van der Waals surface area contributed by atoms with Crippen molar-refractivity contribution in [3.8, 4) is 0 Å². The Bertz CT molecular complexity index is 574. The van der Waals surface area contributed by atoms with E-state index in [0.717, 1.165) is 18.5 Å². The molecule has 1 aliphatic heterocycles. The van der Waals surface area contributed by atoms with E-state index >= 15 is 0 Å². The topological polar surface area (TPSA) is 61.8 Å². The van der Waals surface area contributed by atoms with E-state index in [-0.39, 0.29) is 23.5 Å². The van der Waals surface area contributed by atoms with Crippen LogP contribution >= 0.6 is 11.8 Å². The van der Waals surface area contributed by atoms with Gasteiger partial charge in [0, 0.05) is 19.5 Å². The fourth-order valence-electron chi connectivity index (χ4n) is 2.30. The highest BCUT2D eigenvalue weighted by Crippen LogP contribution is 2.31. The van der Waals surface area contributed by atoms with Crippen molar-refractivity contribution in [3.05, 3.63) is 30.3 Å². The Morgan fingerprint density at radius 2 is 2.04 bits per heavy atom. The number of unbranched alkanes of at least 4 members (excludes halogenated alkanes) is 1. The first kappa shape index (κ1) is 17.5. The number of para-hydroxylation sites is 1. The second kappa shape index (κ2) is 8.72. The third kappa shape index (κ3) is 4.82. The molecule has 2 amide bonds. The Morgan fingerprint density at radius 3 is 2.70 bits per heavy atom. The molecule has 0 aromatic heterocycles. The third-order valence-electron chi connectivity index (χ3n) is 3.48. The maximum absolute atomic E-state index is 12.6. The zero-order valence-corrected chi connectivity index (χ0v) is 14.4. The normalized spacial score (nSPS) is 19.4. The standard InChI is InChI=1S/C17H23N3O2S/c1-3-5-11-20-16(22)14(12-15(21)18-4-2)23-17(20)19-13-9-7-6-8-10-13/h6-10,14H,3-5,11-12H2,1-2H3,(H,18,21)/t14-/m1/s1. The molecule has 1 atom stereocenters. The first-order valence-corrected chi connectivity index (χ1v) is 8.92. The predicted molar refractivity (Wildman–Crippen MR) is 94.8 cm³/mol. The summed E-state index contributed by atoms with van der Waals surface area (Å²) >= 11 is 1.39. The number of nitrogens with zero attached hydrogens (tertiary/aromatic N) is 2. The van der Waals surface area contributed by atoms with E-state index in [9.17, 15) is 9.59 Å². The first-order chi connectivity index (χ1) is 11.2. The average molecular weight is 333 g/mol. The molecule has 6 heteroatoms. The van der Waals surface area contributed by atoms with E-state index < -0.39 is 0 Å². The number of rotatable bonds is 7. The Balaban J connectivity index is 2.16. The van der Waals surface area contributed by atoms with E-state index in [0.29, 0.717) is 18.3 Å². The molecule has 1 N–H and O–H groups in total. The van der Waals surface area contributed by atoms with E-state index in [1.165, 1.54) is 11.8 Å². The minimum Gasteiger partial charge on any atom is -0.356 e. The van der Waals surface area contributed by atoms with Crippen LogP contribution in [0.4, 0.5) is 5.69 Å². The maximum Gasteiger partial charge on any atom is 0.242 e. The van der Waals surface area contributed by atoms with Crippen LogP contribution in [0, 0.1) is 0 Å². The van der Waals surface area contributed by atoms with Crippen molar-refractivity contribution in [1.82, 2.24) is 10.2 Å². The second-order valence-corrected chi connectivity index (χ2v) is 6.51. The van der Waals surface area contributed by atoms with Gasteiger partial charge >= 0.3 is 0 Å². The summed E-state index contributed by atoms with van der Waals surface area (Å²) in [5, 5.41) is 3.08. The van der Waals surface area contributed by atoms with Gasteiger partial charge in [-0.3, -0.25) is 14.5 Å². The molecule has 0 bridgehead atoms. The van der Waals surface area contributed by atoms with Crippen LogP contribution in [0.25, 0.3) is 0 Å². The highest BCUT2D eigenvalue weighted by atomic mass is 32.2. The van der Waals surface area contributed by atoms with Gasteiger partial charge in [-0.05, 0) is 25.5 Å². The molecule has 1 heterocycles. The zero-order valence-electron chi connectivity index (χ0n) is 13.6. The summed E-state index contributed by atoms with van der Waals surface area (Å²) in [6, 6.07) is 9.59. The van der Waals surface area contributed by atoms with Gasteiger partial charge in [0.25, 0.3) is 0 Å². The van der Waals surface area contributed by atoms with Gasteiger partial charge in [0.15, 0.2) is 5.17 Å². The minimum atomic E-state index is -0.374. The van der Waals surface area contributed by atoms with Gasteiger partial charge in [-0.15, -0.1) is 0 Å². The van der Waals surface area contributed by atoms with Gasteiger partial charge < -0.3 is 5.32 Å². The number of benzene rings is 1. The zero-order chi connectivity index (χ0) is 16.7. The fourth-order valence-corrected chi connectivity index (χ4v) is 3.48. The number of nitrogens with one attached hydrogen (secondary N) is 1. The predicted octanol–water partition coefficient (Wildman–Crippen LogP) is 2.94. The lowest BCUT2D eigenvalue weighted by Crippen LogP contribution is -2.35. The van der Waals surface area contributed by atoms with Gasteiger partial charge in [-0.25, -0.2) is 4.99 Å². The Labute approximate surface area is 141 Å². The van der Waals surface area contributed by atoms with Crippen molar-refractivity contribution in [2.45, 2.75) is 38.4 Å². The summed E-state index contributed by atoms with van der Waals surface area (Å²) in [6.45, 7) is 5.19. The number of amidine groups is 1. The highest BCUT2D eigenvalue weighted by Gasteiger charge is 2.38. The van der Waals surface area contributed by atoms with E-state index in [1.807, 2.05) is 37.3 Å². The van der Waals surface area contributed by atoms with Crippen molar-refractivity contribution in [2.75, 3.05) is 13.1 Å². The lowest BCUT2D eigenvalue weighted by molar-refractivity contribution is -0.129. The molecule has 124 valence electrons. The van der Waals surface area contributed by atoms with Crippen molar-refractivity contribution < 1.29 is 9.59 Å². The SMILES string of the molecule is CCCCN1C(=O)[C@@H](CC(=O)NCC)SC1=Nc1ccccc1. The smallest absolute Gasteiger partial charge is 0.242 e. The van der Waals surface area contributed by atoms with Crippen molar-refractivity contribution in [3.63, 3.8) is 0 Å². The number of hydrogen-bond acceptors (Lipinski definition) is 4. The highest BCUT2D eigenvalue weighted by molar-refractivity contribution is 8.15. The van der Waals surface area contributed by atoms with Crippen LogP contribution in [0.1, 0.15) is 33.1 Å². The molecule has 0 spiro atoms. The van der Waals surface area contributed by atoms with Crippen molar-refractivity contribution in [2.24, 2.45) is 4.99 Å². The van der Waals surface area contributed by atoms with Gasteiger partial charge in [0.05, 0.1) is 5.69 Å². The molecule has 23 heavy (non-hydrogen) atoms. The van der Waals surface area contributed by atoms with Gasteiger partial charge in [0.1, 0.15) is 5.25 Å². The van der Waals surface area contributed by atoms with Crippen LogP contribution < -0.4 is 5.32 Å². The minimum absolute atomic E-state index is 0.00983. The first-order valence-electron chi connectivity index (χ1n) is 8.04. The maximum atomic E-state index is 12.6. The van der Waals surface area contributed by atoms with Crippen LogP contribution in [0.2, 0.25) is 0 Å². The van der Waals surface area contributed by atoms with Crippen LogP contribution in [-0.2, 0) is 9.59 Å². The Hall–Kier alpha value is -1.82. The summed E-state index contributed by atoms with van der Waals surface area (Å²) in [6.07, 6.45) is 2.13. The van der Waals surface area contributed by atoms with Crippen molar-refractivity contribution >= 4 is 34.4 Å². The largest absolute Gasteiger partial charge is 0.356 e. The third-order valence-corrected chi connectivity index (χ3v) is 4.66. The molecule has 5 nitrogen and oxygen atoms in total. The molecule has 0 radical (unpaired) electrons. The second-order valence-electron chi connectivity index (χ2n) is 5.34. The number of amides is 2. The number of aliphatic imine (C=N–C) groups is 1.